The molecule has 0 unspecified atom stereocenters. The van der Waals surface area contributed by atoms with Crippen LogP contribution in [0, 0.1) is 6.42 Å². The Morgan fingerprint density at radius 1 is 0.824 bits per heavy atom. The fourth-order valence-electron chi connectivity index (χ4n) is 1.56. The van der Waals surface area contributed by atoms with Crippen molar-refractivity contribution in [3.8, 4) is 0 Å². The molecule has 0 nitrogen and oxygen atoms in total. The van der Waals surface area contributed by atoms with E-state index in [2.05, 4.69) is 67.1 Å². The molecule has 0 spiro atoms. The monoisotopic (exact) mass is 255 g/mol. The van der Waals surface area contributed by atoms with E-state index in [1.165, 1.54) is 11.1 Å². The zero-order valence-corrected chi connectivity index (χ0v) is 11.3. The van der Waals surface area contributed by atoms with E-state index in [9.17, 15) is 0 Å². The average Bonchev–Trinajstić information content (AvgIpc) is 2.37. The molecule has 0 aromatic heterocycles. The van der Waals surface area contributed by atoms with Gasteiger partial charge in [0.05, 0.1) is 0 Å². The van der Waals surface area contributed by atoms with Crippen LogP contribution in [-0.2, 0) is 28.1 Å². The molecule has 0 aliphatic heterocycles. The molecule has 1 heteroatoms. The first-order chi connectivity index (χ1) is 7.95. The second kappa shape index (κ2) is 7.94. The smallest absolute Gasteiger partial charge is 0 e. The van der Waals surface area contributed by atoms with Gasteiger partial charge in [-0.15, -0.1) is 42.3 Å². The van der Waals surface area contributed by atoms with E-state index in [1.807, 2.05) is 12.1 Å². The Kier molecular flexibility index (Phi) is 6.46. The van der Waals surface area contributed by atoms with Crippen LogP contribution in [0.15, 0.2) is 72.8 Å². The first-order valence-electron chi connectivity index (χ1n) is 5.54. The fourth-order valence-corrected chi connectivity index (χ4v) is 1.56. The van der Waals surface area contributed by atoms with Crippen LogP contribution < -0.4 is 0 Å². The first-order valence-corrected chi connectivity index (χ1v) is 5.54. The third-order valence-corrected chi connectivity index (χ3v) is 2.42. The number of allylic oxidation sites excluding steroid dienone is 2. The van der Waals surface area contributed by atoms with Crippen LogP contribution in [0.3, 0.4) is 0 Å². The van der Waals surface area contributed by atoms with Gasteiger partial charge in [-0.05, 0) is 6.42 Å². The van der Waals surface area contributed by atoms with Crippen LogP contribution in [0.2, 0.25) is 0 Å². The Balaban J connectivity index is 0.00000144. The molecule has 17 heavy (non-hydrogen) atoms. The Bertz CT molecular complexity index is 388. The molecule has 0 fully saturated rings. The molecule has 2 aromatic carbocycles. The van der Waals surface area contributed by atoms with Crippen molar-refractivity contribution in [1.82, 2.24) is 0 Å². The maximum Gasteiger partial charge on any atom is 0 e. The molecule has 2 aromatic rings. The van der Waals surface area contributed by atoms with Crippen molar-refractivity contribution in [2.75, 3.05) is 0 Å². The minimum atomic E-state index is 0. The van der Waals surface area contributed by atoms with Crippen molar-refractivity contribution in [3.05, 3.63) is 90.4 Å². The van der Waals surface area contributed by atoms with Crippen molar-refractivity contribution in [2.45, 2.75) is 6.42 Å². The van der Waals surface area contributed by atoms with Gasteiger partial charge in [0, 0.05) is 21.7 Å². The van der Waals surface area contributed by atoms with Crippen LogP contribution in [-0.4, -0.2) is 0 Å². The number of benzene rings is 2. The summed E-state index contributed by atoms with van der Waals surface area (Å²) in [6.45, 7) is 0. The van der Waals surface area contributed by atoms with Crippen molar-refractivity contribution in [2.24, 2.45) is 0 Å². The van der Waals surface area contributed by atoms with Gasteiger partial charge >= 0.3 is 0 Å². The molecule has 0 radical (unpaired) electrons. The van der Waals surface area contributed by atoms with E-state index >= 15 is 0 Å². The maximum atomic E-state index is 2.18. The molecule has 0 saturated carbocycles. The van der Waals surface area contributed by atoms with Crippen LogP contribution in [0.4, 0.5) is 0 Å². The van der Waals surface area contributed by atoms with Crippen LogP contribution in [0.1, 0.15) is 11.1 Å². The Morgan fingerprint density at radius 2 is 1.41 bits per heavy atom. The zero-order chi connectivity index (χ0) is 11.1. The van der Waals surface area contributed by atoms with E-state index < -0.39 is 0 Å². The summed E-state index contributed by atoms with van der Waals surface area (Å²) >= 11 is 0. The van der Waals surface area contributed by atoms with Crippen molar-refractivity contribution < 1.29 is 21.7 Å². The predicted octanol–water partition coefficient (Wildman–Crippen LogP) is 4.04. The maximum absolute atomic E-state index is 2.18. The normalized spacial score (nSPS) is 9.88. The van der Waals surface area contributed by atoms with Crippen LogP contribution in [0.25, 0.3) is 0 Å². The molecule has 0 aliphatic rings. The molecule has 2 rings (SSSR count). The summed E-state index contributed by atoms with van der Waals surface area (Å²) < 4.78 is 0. The van der Waals surface area contributed by atoms with E-state index in [0.717, 1.165) is 6.42 Å². The van der Waals surface area contributed by atoms with E-state index in [4.69, 9.17) is 0 Å². The van der Waals surface area contributed by atoms with Gasteiger partial charge in [0.1, 0.15) is 0 Å². The largest absolute Gasteiger partial charge is 0.150 e. The van der Waals surface area contributed by atoms with Gasteiger partial charge in [-0.3, -0.25) is 0 Å². The first kappa shape index (κ1) is 13.8. The molecular formula is C16H15Ti-. The van der Waals surface area contributed by atoms with Gasteiger partial charge in [0.2, 0.25) is 0 Å². The molecule has 0 N–H and O–H groups in total. The topological polar surface area (TPSA) is 0 Å². The van der Waals surface area contributed by atoms with Gasteiger partial charge in [-0.2, -0.15) is 6.08 Å². The van der Waals surface area contributed by atoms with Gasteiger partial charge in [-0.1, -0.05) is 42.0 Å². The number of hydrogen-bond donors (Lipinski definition) is 0. The molecular weight excluding hydrogens is 240 g/mol. The van der Waals surface area contributed by atoms with E-state index in [0.29, 0.717) is 0 Å². The SMILES string of the molecule is C(=CCc1ccccc1)[CH-]c1ccccc1.[Ti]. The minimum absolute atomic E-state index is 0. The molecule has 84 valence electrons. The molecule has 0 saturated heterocycles. The van der Waals surface area contributed by atoms with Gasteiger partial charge in [0.25, 0.3) is 0 Å². The fraction of sp³-hybridized carbons (Fsp3) is 0.0625. The molecule has 0 atom stereocenters. The quantitative estimate of drug-likeness (QED) is 0.571. The van der Waals surface area contributed by atoms with Gasteiger partial charge in [0.15, 0.2) is 0 Å². The van der Waals surface area contributed by atoms with E-state index in [-0.39, 0.29) is 21.7 Å². The standard InChI is InChI=1S/C16H15.Ti/c1-3-9-15(10-4-1)13-7-8-14-16-11-5-2-6-12-16;/h1-13H,14H2;/q-1;. The van der Waals surface area contributed by atoms with Crippen molar-refractivity contribution in [1.29, 1.82) is 0 Å². The summed E-state index contributed by atoms with van der Waals surface area (Å²) in [6.07, 6.45) is 7.41. The van der Waals surface area contributed by atoms with Crippen molar-refractivity contribution >= 4 is 0 Å². The molecule has 0 bridgehead atoms. The molecule has 0 heterocycles. The summed E-state index contributed by atoms with van der Waals surface area (Å²) in [6, 6.07) is 20.8. The summed E-state index contributed by atoms with van der Waals surface area (Å²) in [4.78, 5) is 0. The Labute approximate surface area is 118 Å². The molecule has 0 amide bonds. The summed E-state index contributed by atoms with van der Waals surface area (Å²) in [5.74, 6) is 0. The van der Waals surface area contributed by atoms with Crippen molar-refractivity contribution in [3.63, 3.8) is 0 Å². The van der Waals surface area contributed by atoms with Gasteiger partial charge in [-0.25, -0.2) is 0 Å². The van der Waals surface area contributed by atoms with E-state index in [1.54, 1.807) is 0 Å². The van der Waals surface area contributed by atoms with Crippen LogP contribution in [0.5, 0.6) is 0 Å². The third-order valence-electron chi connectivity index (χ3n) is 2.42. The van der Waals surface area contributed by atoms with Crippen LogP contribution >= 0.6 is 0 Å². The zero-order valence-electron chi connectivity index (χ0n) is 9.71. The summed E-state index contributed by atoms with van der Waals surface area (Å²) in [5, 5.41) is 0. The predicted molar refractivity (Wildman–Crippen MR) is 69.1 cm³/mol. The second-order valence-corrected chi connectivity index (χ2v) is 3.70. The number of hydrogen-bond acceptors (Lipinski definition) is 0. The summed E-state index contributed by atoms with van der Waals surface area (Å²) in [5.41, 5.74) is 2.59. The average molecular weight is 255 g/mol. The minimum Gasteiger partial charge on any atom is -0.150 e. The Hall–Kier alpha value is -1.24. The van der Waals surface area contributed by atoms with Gasteiger partial charge < -0.3 is 0 Å². The summed E-state index contributed by atoms with van der Waals surface area (Å²) in [7, 11) is 0. The number of rotatable bonds is 4. The third kappa shape index (κ3) is 5.08. The Morgan fingerprint density at radius 3 is 2.06 bits per heavy atom. The second-order valence-electron chi connectivity index (χ2n) is 3.70. The molecule has 0 aliphatic carbocycles.